The van der Waals surface area contributed by atoms with Gasteiger partial charge >= 0.3 is 5.97 Å². The third-order valence-electron chi connectivity index (χ3n) is 3.93. The molecule has 0 saturated heterocycles. The van der Waals surface area contributed by atoms with Gasteiger partial charge in [0.25, 0.3) is 11.8 Å². The van der Waals surface area contributed by atoms with Crippen LogP contribution in [0.15, 0.2) is 35.7 Å². The van der Waals surface area contributed by atoms with E-state index in [1.54, 1.807) is 29.6 Å². The molecule has 1 atom stereocenters. The number of hydrogen-bond donors (Lipinski definition) is 2. The van der Waals surface area contributed by atoms with E-state index in [-0.39, 0.29) is 5.56 Å². The number of carbonyl (C=O) groups excluding carboxylic acids is 3. The average Bonchev–Trinajstić information content (AvgIpc) is 3.14. The van der Waals surface area contributed by atoms with E-state index in [9.17, 15) is 14.4 Å². The molecule has 3 N–H and O–H groups in total. The molecule has 2 amide bonds. The normalized spacial score (nSPS) is 11.5. The highest BCUT2D eigenvalue weighted by atomic mass is 32.1. The van der Waals surface area contributed by atoms with Gasteiger partial charge in [-0.2, -0.15) is 0 Å². The van der Waals surface area contributed by atoms with Crippen molar-refractivity contribution in [2.24, 2.45) is 5.73 Å². The van der Waals surface area contributed by atoms with Crippen LogP contribution in [-0.4, -0.2) is 30.5 Å². The summed E-state index contributed by atoms with van der Waals surface area (Å²) in [5, 5.41) is 4.51. The molecular weight excluding hydrogens is 380 g/mol. The first-order valence-corrected chi connectivity index (χ1v) is 9.92. The zero-order valence-corrected chi connectivity index (χ0v) is 16.7. The quantitative estimate of drug-likeness (QED) is 0.465. The van der Waals surface area contributed by atoms with Crippen LogP contribution in [0.2, 0.25) is 0 Å². The van der Waals surface area contributed by atoms with Crippen molar-refractivity contribution >= 4 is 34.1 Å². The van der Waals surface area contributed by atoms with Crippen LogP contribution in [0.25, 0.3) is 0 Å². The maximum absolute atomic E-state index is 12.2. The highest BCUT2D eigenvalue weighted by Crippen LogP contribution is 2.23. The highest BCUT2D eigenvalue weighted by molar-refractivity contribution is 7.14. The van der Waals surface area contributed by atoms with Gasteiger partial charge in [0, 0.05) is 0 Å². The van der Waals surface area contributed by atoms with Crippen LogP contribution in [-0.2, 0) is 9.53 Å². The lowest BCUT2D eigenvalue weighted by molar-refractivity contribution is -0.123. The first-order chi connectivity index (χ1) is 13.4. The number of anilines is 1. The number of thiophene rings is 1. The van der Waals surface area contributed by atoms with Crippen LogP contribution in [0.1, 0.15) is 53.8 Å². The molecule has 0 aliphatic heterocycles. The van der Waals surface area contributed by atoms with Crippen molar-refractivity contribution < 1.29 is 23.9 Å². The Kier molecular flexibility index (Phi) is 8.01. The Balaban J connectivity index is 1.88. The van der Waals surface area contributed by atoms with E-state index in [0.717, 1.165) is 30.6 Å². The summed E-state index contributed by atoms with van der Waals surface area (Å²) in [5.41, 5.74) is 5.77. The Hall–Kier alpha value is -2.87. The van der Waals surface area contributed by atoms with Gasteiger partial charge in [0.1, 0.15) is 10.8 Å². The molecule has 7 nitrogen and oxygen atoms in total. The van der Waals surface area contributed by atoms with Gasteiger partial charge in [-0.25, -0.2) is 4.79 Å². The van der Waals surface area contributed by atoms with Crippen molar-refractivity contribution in [2.75, 3.05) is 11.9 Å². The summed E-state index contributed by atoms with van der Waals surface area (Å²) in [4.78, 5) is 35.8. The summed E-state index contributed by atoms with van der Waals surface area (Å²) < 4.78 is 10.8. The number of nitrogens with one attached hydrogen (secondary N) is 1. The smallest absolute Gasteiger partial charge is 0.338 e. The number of primary amides is 1. The van der Waals surface area contributed by atoms with Gasteiger partial charge < -0.3 is 20.5 Å². The van der Waals surface area contributed by atoms with Crippen molar-refractivity contribution in [1.82, 2.24) is 0 Å². The van der Waals surface area contributed by atoms with Crippen molar-refractivity contribution in [1.29, 1.82) is 0 Å². The lowest BCUT2D eigenvalue weighted by Gasteiger charge is -2.13. The van der Waals surface area contributed by atoms with E-state index < -0.39 is 23.9 Å². The number of ether oxygens (including phenoxy) is 2. The molecule has 0 bridgehead atoms. The van der Waals surface area contributed by atoms with Crippen LogP contribution < -0.4 is 15.8 Å². The van der Waals surface area contributed by atoms with Gasteiger partial charge in [0.2, 0.25) is 0 Å². The van der Waals surface area contributed by atoms with E-state index in [2.05, 4.69) is 12.2 Å². The predicted octanol–water partition coefficient (Wildman–Crippen LogP) is 3.60. The standard InChI is InChI=1S/C20H24N2O5S/c1-3-4-5-11-26-15-8-6-14(7-9-15)20(25)27-13(2)18(24)22-19-16(17(21)23)10-12-28-19/h6-10,12-13H,3-5,11H2,1-2H3,(H2,21,23)(H,22,24). The third kappa shape index (κ3) is 6.09. The first kappa shape index (κ1) is 21.4. The maximum Gasteiger partial charge on any atom is 0.338 e. The molecule has 0 aliphatic carbocycles. The minimum atomic E-state index is -1.04. The number of amides is 2. The van der Waals surface area contributed by atoms with Crippen LogP contribution >= 0.6 is 11.3 Å². The first-order valence-electron chi connectivity index (χ1n) is 9.04. The number of unbranched alkanes of at least 4 members (excludes halogenated alkanes) is 2. The minimum absolute atomic E-state index is 0.214. The second-order valence-corrected chi connectivity index (χ2v) is 7.06. The molecular formula is C20H24N2O5S. The molecule has 28 heavy (non-hydrogen) atoms. The number of rotatable bonds is 10. The summed E-state index contributed by atoms with van der Waals surface area (Å²) >= 11 is 1.16. The van der Waals surface area contributed by atoms with Crippen molar-refractivity contribution in [3.8, 4) is 5.75 Å². The number of nitrogens with two attached hydrogens (primary N) is 1. The van der Waals surface area contributed by atoms with E-state index in [1.807, 2.05) is 0 Å². The average molecular weight is 404 g/mol. The molecule has 2 aromatic rings. The van der Waals surface area contributed by atoms with E-state index in [0.29, 0.717) is 22.9 Å². The molecule has 150 valence electrons. The summed E-state index contributed by atoms with van der Waals surface area (Å²) in [7, 11) is 0. The Morgan fingerprint density at radius 1 is 1.14 bits per heavy atom. The molecule has 0 spiro atoms. The molecule has 0 aliphatic rings. The Labute approximate surface area is 167 Å². The SMILES string of the molecule is CCCCCOc1ccc(C(=O)OC(C)C(=O)Nc2sccc2C(N)=O)cc1. The Morgan fingerprint density at radius 3 is 2.50 bits per heavy atom. The topological polar surface area (TPSA) is 108 Å². The minimum Gasteiger partial charge on any atom is -0.494 e. The lowest BCUT2D eigenvalue weighted by Crippen LogP contribution is -2.30. The van der Waals surface area contributed by atoms with Crippen molar-refractivity contribution in [2.45, 2.75) is 39.2 Å². The fourth-order valence-corrected chi connectivity index (χ4v) is 3.12. The van der Waals surface area contributed by atoms with Gasteiger partial charge in [-0.3, -0.25) is 9.59 Å². The summed E-state index contributed by atoms with van der Waals surface area (Å²) in [6, 6.07) is 8.08. The van der Waals surface area contributed by atoms with Crippen LogP contribution in [0, 0.1) is 0 Å². The highest BCUT2D eigenvalue weighted by Gasteiger charge is 2.21. The largest absolute Gasteiger partial charge is 0.494 e. The van der Waals surface area contributed by atoms with Gasteiger partial charge in [-0.15, -0.1) is 11.3 Å². The molecule has 0 fully saturated rings. The summed E-state index contributed by atoms with van der Waals surface area (Å²) in [5.74, 6) is -1.14. The second-order valence-electron chi connectivity index (χ2n) is 6.14. The van der Waals surface area contributed by atoms with E-state index in [4.69, 9.17) is 15.2 Å². The maximum atomic E-state index is 12.2. The molecule has 0 radical (unpaired) electrons. The molecule has 1 aromatic carbocycles. The molecule has 1 aromatic heterocycles. The van der Waals surface area contributed by atoms with E-state index >= 15 is 0 Å². The predicted molar refractivity (Wildman–Crippen MR) is 108 cm³/mol. The molecule has 0 saturated carbocycles. The number of carbonyl (C=O) groups is 3. The van der Waals surface area contributed by atoms with Gasteiger partial charge in [-0.1, -0.05) is 19.8 Å². The van der Waals surface area contributed by atoms with Crippen molar-refractivity contribution in [3.05, 3.63) is 46.8 Å². The van der Waals surface area contributed by atoms with Gasteiger partial charge in [0.15, 0.2) is 6.10 Å². The third-order valence-corrected chi connectivity index (χ3v) is 4.76. The molecule has 8 heteroatoms. The Bertz CT molecular complexity index is 816. The van der Waals surface area contributed by atoms with Gasteiger partial charge in [0.05, 0.1) is 17.7 Å². The lowest BCUT2D eigenvalue weighted by atomic mass is 10.2. The fraction of sp³-hybridized carbons (Fsp3) is 0.350. The van der Waals surface area contributed by atoms with Crippen LogP contribution in [0.5, 0.6) is 5.75 Å². The second kappa shape index (κ2) is 10.5. The number of hydrogen-bond acceptors (Lipinski definition) is 6. The molecule has 2 rings (SSSR count). The monoisotopic (exact) mass is 404 g/mol. The molecule has 1 unspecified atom stereocenters. The van der Waals surface area contributed by atoms with Crippen LogP contribution in [0.4, 0.5) is 5.00 Å². The zero-order chi connectivity index (χ0) is 20.5. The Morgan fingerprint density at radius 2 is 1.86 bits per heavy atom. The molecule has 1 heterocycles. The number of esters is 1. The summed E-state index contributed by atoms with van der Waals surface area (Å²) in [6.07, 6.45) is 2.17. The zero-order valence-electron chi connectivity index (χ0n) is 15.9. The van der Waals surface area contributed by atoms with Crippen molar-refractivity contribution in [3.63, 3.8) is 0 Å². The van der Waals surface area contributed by atoms with Crippen LogP contribution in [0.3, 0.4) is 0 Å². The van der Waals surface area contributed by atoms with Gasteiger partial charge in [-0.05, 0) is 49.1 Å². The number of benzene rings is 1. The fourth-order valence-electron chi connectivity index (χ4n) is 2.33. The van der Waals surface area contributed by atoms with E-state index in [1.165, 1.54) is 13.0 Å². The summed E-state index contributed by atoms with van der Waals surface area (Å²) in [6.45, 7) is 4.21.